The Labute approximate surface area is 134 Å². The van der Waals surface area contributed by atoms with Crippen LogP contribution in [0, 0.1) is 5.41 Å². The van der Waals surface area contributed by atoms with E-state index in [9.17, 15) is 0 Å². The lowest BCUT2D eigenvalue weighted by Gasteiger charge is -2.24. The fourth-order valence-electron chi connectivity index (χ4n) is 2.35. The Balaban J connectivity index is 3.35. The molecule has 0 aromatic heterocycles. The van der Waals surface area contributed by atoms with Gasteiger partial charge >= 0.3 is 0 Å². The standard InChI is InChI=1S/C19H40O2/c1-5-7-9-11-13-15-20-17-19(3,4)18-21-16-14-12-10-8-6-2/h5-18H2,1-4H3. The van der Waals surface area contributed by atoms with E-state index in [2.05, 4.69) is 27.7 Å². The van der Waals surface area contributed by atoms with Gasteiger partial charge in [0.05, 0.1) is 13.2 Å². The summed E-state index contributed by atoms with van der Waals surface area (Å²) in [6, 6.07) is 0. The van der Waals surface area contributed by atoms with E-state index in [1.54, 1.807) is 0 Å². The third kappa shape index (κ3) is 16.1. The molecule has 0 atom stereocenters. The summed E-state index contributed by atoms with van der Waals surface area (Å²) in [5.41, 5.74) is 0.146. The van der Waals surface area contributed by atoms with E-state index in [-0.39, 0.29) is 5.41 Å². The van der Waals surface area contributed by atoms with E-state index < -0.39 is 0 Å². The van der Waals surface area contributed by atoms with Crippen LogP contribution in [-0.2, 0) is 9.47 Å². The van der Waals surface area contributed by atoms with Gasteiger partial charge in [-0.2, -0.15) is 0 Å². The second-order valence-corrected chi connectivity index (χ2v) is 7.10. The fraction of sp³-hybridized carbons (Fsp3) is 1.00. The number of unbranched alkanes of at least 4 members (excludes halogenated alkanes) is 8. The van der Waals surface area contributed by atoms with Crippen LogP contribution in [0.1, 0.15) is 91.9 Å². The first-order chi connectivity index (χ1) is 10.1. The fourth-order valence-corrected chi connectivity index (χ4v) is 2.35. The van der Waals surface area contributed by atoms with Gasteiger partial charge in [-0.15, -0.1) is 0 Å². The molecule has 0 aliphatic rings. The van der Waals surface area contributed by atoms with Crippen molar-refractivity contribution in [3.05, 3.63) is 0 Å². The number of rotatable bonds is 16. The summed E-state index contributed by atoms with van der Waals surface area (Å²) in [6.07, 6.45) is 13.1. The molecule has 0 aromatic rings. The Kier molecular flexibility index (Phi) is 14.8. The second kappa shape index (κ2) is 14.8. The highest BCUT2D eigenvalue weighted by Crippen LogP contribution is 2.17. The molecule has 0 unspecified atom stereocenters. The largest absolute Gasteiger partial charge is 0.381 e. The number of hydrogen-bond donors (Lipinski definition) is 0. The molecule has 0 aliphatic carbocycles. The van der Waals surface area contributed by atoms with Gasteiger partial charge in [-0.1, -0.05) is 79.1 Å². The van der Waals surface area contributed by atoms with Gasteiger partial charge < -0.3 is 9.47 Å². The highest BCUT2D eigenvalue weighted by atomic mass is 16.5. The van der Waals surface area contributed by atoms with Crippen LogP contribution in [0.25, 0.3) is 0 Å². The van der Waals surface area contributed by atoms with E-state index in [0.717, 1.165) is 26.4 Å². The zero-order valence-electron chi connectivity index (χ0n) is 15.2. The van der Waals surface area contributed by atoms with Gasteiger partial charge in [-0.25, -0.2) is 0 Å². The lowest BCUT2D eigenvalue weighted by atomic mass is 9.96. The molecule has 0 fully saturated rings. The van der Waals surface area contributed by atoms with Gasteiger partial charge in [0.2, 0.25) is 0 Å². The molecule has 0 spiro atoms. The summed E-state index contributed by atoms with van der Waals surface area (Å²) >= 11 is 0. The molecular formula is C19H40O2. The molecule has 0 rings (SSSR count). The van der Waals surface area contributed by atoms with E-state index in [1.807, 2.05) is 0 Å². The highest BCUT2D eigenvalue weighted by Gasteiger charge is 2.18. The molecule has 0 radical (unpaired) electrons. The molecule has 21 heavy (non-hydrogen) atoms. The monoisotopic (exact) mass is 300 g/mol. The van der Waals surface area contributed by atoms with Gasteiger partial charge in [0.15, 0.2) is 0 Å². The third-order valence-corrected chi connectivity index (χ3v) is 3.77. The molecule has 2 heteroatoms. The van der Waals surface area contributed by atoms with Crippen molar-refractivity contribution in [1.29, 1.82) is 0 Å². The molecular weight excluding hydrogens is 260 g/mol. The SMILES string of the molecule is CCCCCCCOCC(C)(C)COCCCCCCC. The maximum absolute atomic E-state index is 5.81. The minimum Gasteiger partial charge on any atom is -0.381 e. The van der Waals surface area contributed by atoms with Crippen molar-refractivity contribution in [2.75, 3.05) is 26.4 Å². The molecule has 0 N–H and O–H groups in total. The van der Waals surface area contributed by atoms with Crippen LogP contribution in [0.3, 0.4) is 0 Å². The smallest absolute Gasteiger partial charge is 0.0539 e. The van der Waals surface area contributed by atoms with Crippen molar-refractivity contribution >= 4 is 0 Å². The molecule has 0 bridgehead atoms. The summed E-state index contributed by atoms with van der Waals surface area (Å²) in [7, 11) is 0. The van der Waals surface area contributed by atoms with Crippen LogP contribution >= 0.6 is 0 Å². The van der Waals surface area contributed by atoms with Crippen molar-refractivity contribution in [3.8, 4) is 0 Å². The quantitative estimate of drug-likeness (QED) is 0.326. The van der Waals surface area contributed by atoms with Gasteiger partial charge in [0.1, 0.15) is 0 Å². The molecule has 0 saturated carbocycles. The van der Waals surface area contributed by atoms with Crippen molar-refractivity contribution in [1.82, 2.24) is 0 Å². The first-order valence-corrected chi connectivity index (χ1v) is 9.28. The Morgan fingerprint density at radius 1 is 0.571 bits per heavy atom. The van der Waals surface area contributed by atoms with Crippen LogP contribution in [0.15, 0.2) is 0 Å². The zero-order valence-corrected chi connectivity index (χ0v) is 15.2. The van der Waals surface area contributed by atoms with Crippen LogP contribution in [0.2, 0.25) is 0 Å². The van der Waals surface area contributed by atoms with E-state index in [1.165, 1.54) is 64.2 Å². The predicted octanol–water partition coefficient (Wildman–Crippen LogP) is 5.99. The maximum Gasteiger partial charge on any atom is 0.0539 e. The second-order valence-electron chi connectivity index (χ2n) is 7.10. The molecule has 0 aliphatic heterocycles. The number of hydrogen-bond acceptors (Lipinski definition) is 2. The first-order valence-electron chi connectivity index (χ1n) is 9.28. The minimum absolute atomic E-state index is 0.146. The van der Waals surface area contributed by atoms with E-state index in [0.29, 0.717) is 0 Å². The average Bonchev–Trinajstić information content (AvgIpc) is 2.45. The molecule has 0 amide bonds. The van der Waals surface area contributed by atoms with E-state index >= 15 is 0 Å². The first kappa shape index (κ1) is 20.9. The van der Waals surface area contributed by atoms with Crippen LogP contribution in [0.4, 0.5) is 0 Å². The van der Waals surface area contributed by atoms with Crippen molar-refractivity contribution in [2.45, 2.75) is 91.9 Å². The molecule has 0 saturated heterocycles. The van der Waals surface area contributed by atoms with Crippen molar-refractivity contribution < 1.29 is 9.47 Å². The Hall–Kier alpha value is -0.0800. The molecule has 2 nitrogen and oxygen atoms in total. The summed E-state index contributed by atoms with van der Waals surface area (Å²) in [6.45, 7) is 12.4. The summed E-state index contributed by atoms with van der Waals surface area (Å²) in [5, 5.41) is 0. The summed E-state index contributed by atoms with van der Waals surface area (Å²) in [5.74, 6) is 0. The lowest BCUT2D eigenvalue weighted by Crippen LogP contribution is -2.26. The molecule has 0 aromatic carbocycles. The topological polar surface area (TPSA) is 18.5 Å². The molecule has 128 valence electrons. The predicted molar refractivity (Wildman–Crippen MR) is 92.9 cm³/mol. The minimum atomic E-state index is 0.146. The maximum atomic E-state index is 5.81. The molecule has 0 heterocycles. The highest BCUT2D eigenvalue weighted by molar-refractivity contribution is 4.66. The van der Waals surface area contributed by atoms with Gasteiger partial charge in [-0.3, -0.25) is 0 Å². The van der Waals surface area contributed by atoms with Gasteiger partial charge in [-0.05, 0) is 12.8 Å². The summed E-state index contributed by atoms with van der Waals surface area (Å²) in [4.78, 5) is 0. The Morgan fingerprint density at radius 2 is 0.952 bits per heavy atom. The van der Waals surface area contributed by atoms with Gasteiger partial charge in [0, 0.05) is 18.6 Å². The van der Waals surface area contributed by atoms with Crippen LogP contribution in [-0.4, -0.2) is 26.4 Å². The summed E-state index contributed by atoms with van der Waals surface area (Å²) < 4.78 is 11.6. The average molecular weight is 301 g/mol. The lowest BCUT2D eigenvalue weighted by molar-refractivity contribution is -0.00512. The van der Waals surface area contributed by atoms with Crippen LogP contribution in [0.5, 0.6) is 0 Å². The van der Waals surface area contributed by atoms with E-state index in [4.69, 9.17) is 9.47 Å². The van der Waals surface area contributed by atoms with Crippen molar-refractivity contribution in [2.24, 2.45) is 5.41 Å². The van der Waals surface area contributed by atoms with Crippen molar-refractivity contribution in [3.63, 3.8) is 0 Å². The van der Waals surface area contributed by atoms with Gasteiger partial charge in [0.25, 0.3) is 0 Å². The zero-order chi connectivity index (χ0) is 15.8. The van der Waals surface area contributed by atoms with Crippen LogP contribution < -0.4 is 0 Å². The third-order valence-electron chi connectivity index (χ3n) is 3.77. The Bertz CT molecular complexity index is 182. The normalized spacial score (nSPS) is 12.0. The number of ether oxygens (including phenoxy) is 2. The Morgan fingerprint density at radius 3 is 1.33 bits per heavy atom.